The number of nitrogens with zero attached hydrogens (tertiary/aromatic N) is 1. The fourth-order valence-electron chi connectivity index (χ4n) is 8.30. The van der Waals surface area contributed by atoms with Crippen LogP contribution in [0.5, 0.6) is 11.5 Å². The van der Waals surface area contributed by atoms with E-state index in [9.17, 15) is 0 Å². The molecule has 3 N–H and O–H groups in total. The molecular weight excluding hydrogens is 623 g/mol. The molecule has 4 heteroatoms. The van der Waals surface area contributed by atoms with Crippen LogP contribution in [0.15, 0.2) is 181 Å². The number of hydrogen-bond acceptors (Lipinski definition) is 4. The van der Waals surface area contributed by atoms with Gasteiger partial charge in [0.2, 0.25) is 0 Å². The second-order valence-electron chi connectivity index (χ2n) is 13.3. The van der Waals surface area contributed by atoms with Crippen molar-refractivity contribution in [2.75, 3.05) is 5.73 Å². The van der Waals surface area contributed by atoms with Gasteiger partial charge in [-0.2, -0.15) is 0 Å². The van der Waals surface area contributed by atoms with Crippen molar-refractivity contribution in [1.82, 2.24) is 5.32 Å². The zero-order valence-corrected chi connectivity index (χ0v) is 27.8. The first-order chi connectivity index (χ1) is 25.2. The highest BCUT2D eigenvalue weighted by Crippen LogP contribution is 2.64. The Balaban J connectivity index is 1.26. The second kappa shape index (κ2) is 11.5. The minimum atomic E-state index is -0.611. The van der Waals surface area contributed by atoms with Crippen molar-refractivity contribution >= 4 is 17.1 Å². The van der Waals surface area contributed by atoms with Crippen molar-refractivity contribution < 1.29 is 4.74 Å². The maximum absolute atomic E-state index is 7.32. The molecule has 3 aliphatic rings. The molecule has 7 aromatic carbocycles. The molecule has 4 nitrogen and oxygen atoms in total. The molecule has 0 bridgehead atoms. The molecule has 0 amide bonds. The summed E-state index contributed by atoms with van der Waals surface area (Å²) in [5.41, 5.74) is 20.6. The Bertz CT molecular complexity index is 2490. The van der Waals surface area contributed by atoms with Crippen molar-refractivity contribution in [3.8, 4) is 33.8 Å². The average molecular weight is 656 g/mol. The van der Waals surface area contributed by atoms with Gasteiger partial charge in [-0.15, -0.1) is 0 Å². The molecule has 0 radical (unpaired) electrons. The van der Waals surface area contributed by atoms with E-state index in [4.69, 9.17) is 15.5 Å². The number of ether oxygens (including phenoxy) is 1. The summed E-state index contributed by atoms with van der Waals surface area (Å²) < 4.78 is 7.32. The van der Waals surface area contributed by atoms with E-state index in [1.807, 2.05) is 24.3 Å². The smallest absolute Gasteiger partial charge is 0.145 e. The number of nitrogens with one attached hydrogen (secondary N) is 1. The average Bonchev–Trinajstić information content (AvgIpc) is 3.49. The van der Waals surface area contributed by atoms with E-state index >= 15 is 0 Å². The lowest BCUT2D eigenvalue weighted by molar-refractivity contribution is 0.436. The number of nitrogens with two attached hydrogens (primary N) is 1. The van der Waals surface area contributed by atoms with Crippen molar-refractivity contribution in [2.24, 2.45) is 4.99 Å². The summed E-state index contributed by atoms with van der Waals surface area (Å²) in [7, 11) is 0. The summed E-state index contributed by atoms with van der Waals surface area (Å²) in [5.74, 6) is 1.68. The maximum atomic E-state index is 7.32. The van der Waals surface area contributed by atoms with Gasteiger partial charge in [0.15, 0.2) is 0 Å². The lowest BCUT2D eigenvalue weighted by Crippen LogP contribution is -2.33. The Morgan fingerprint density at radius 2 is 1.02 bits per heavy atom. The van der Waals surface area contributed by atoms with Gasteiger partial charge in [-0.25, -0.2) is 0 Å². The largest absolute Gasteiger partial charge is 0.455 e. The number of hydrogen-bond donors (Lipinski definition) is 2. The summed E-state index contributed by atoms with van der Waals surface area (Å²) >= 11 is 0. The Labute approximate surface area is 297 Å². The van der Waals surface area contributed by atoms with Crippen LogP contribution in [0.2, 0.25) is 0 Å². The minimum Gasteiger partial charge on any atom is -0.455 e. The van der Waals surface area contributed by atoms with E-state index in [1.165, 1.54) is 22.3 Å². The van der Waals surface area contributed by atoms with Gasteiger partial charge >= 0.3 is 0 Å². The Hall–Kier alpha value is -6.65. The third kappa shape index (κ3) is 4.43. The molecule has 51 heavy (non-hydrogen) atoms. The van der Waals surface area contributed by atoms with Gasteiger partial charge in [-0.05, 0) is 63.2 Å². The number of aliphatic imine (C=N–C) groups is 1. The number of anilines is 1. The van der Waals surface area contributed by atoms with Gasteiger partial charge < -0.3 is 15.8 Å². The summed E-state index contributed by atoms with van der Waals surface area (Å²) in [6.07, 6.45) is 1.89. The van der Waals surface area contributed by atoms with Crippen LogP contribution in [0.25, 0.3) is 28.0 Å². The van der Waals surface area contributed by atoms with Crippen molar-refractivity contribution in [2.45, 2.75) is 11.6 Å². The first-order valence-electron chi connectivity index (χ1n) is 17.4. The van der Waals surface area contributed by atoms with E-state index in [-0.39, 0.29) is 6.17 Å². The van der Waals surface area contributed by atoms with Gasteiger partial charge in [0.25, 0.3) is 0 Å². The Morgan fingerprint density at radius 1 is 0.490 bits per heavy atom. The van der Waals surface area contributed by atoms with E-state index < -0.39 is 5.41 Å². The fraction of sp³-hybridized carbons (Fsp3) is 0.0426. The summed E-state index contributed by atoms with van der Waals surface area (Å²) in [6.45, 7) is 0. The van der Waals surface area contributed by atoms with Gasteiger partial charge in [-0.1, -0.05) is 152 Å². The molecule has 2 aliphatic heterocycles. The van der Waals surface area contributed by atoms with E-state index in [0.717, 1.165) is 67.5 Å². The van der Waals surface area contributed by atoms with Crippen molar-refractivity contribution in [3.05, 3.63) is 215 Å². The molecule has 1 atom stereocenters. The van der Waals surface area contributed by atoms with Crippen LogP contribution in [0.3, 0.4) is 0 Å². The third-order valence-electron chi connectivity index (χ3n) is 10.5. The monoisotopic (exact) mass is 655 g/mol. The molecule has 1 aliphatic carbocycles. The zero-order valence-electron chi connectivity index (χ0n) is 27.8. The number of fused-ring (bicyclic) bond motifs is 9. The van der Waals surface area contributed by atoms with Gasteiger partial charge in [-0.3, -0.25) is 4.99 Å². The number of para-hydroxylation sites is 2. The SMILES string of the molecule is Nc1ccc(-c2cccc3c2Oc2c(C4=CC(c5ccccc5)=NC(c5ccccc5)N4)cccc2C32c3ccccc3-c3ccccc32)cc1. The maximum Gasteiger partial charge on any atom is 0.145 e. The highest BCUT2D eigenvalue weighted by molar-refractivity contribution is 6.13. The summed E-state index contributed by atoms with van der Waals surface area (Å²) in [4.78, 5) is 5.22. The standard InChI is InChI=1S/C47H33N3O/c48-33-27-25-30(26-28-33)34-19-11-23-40-44(34)51-45-37(43-29-42(31-13-3-1-4-14-31)49-46(50-43)32-15-5-2-6-16-32)20-12-24-41(45)47(40)38-21-9-7-17-35(38)36-18-8-10-22-39(36)47/h1-29,46,50H,48H2. The van der Waals surface area contributed by atoms with Crippen molar-refractivity contribution in [1.29, 1.82) is 0 Å². The normalized spacial score (nSPS) is 16.0. The molecule has 2 heterocycles. The van der Waals surface area contributed by atoms with Crippen LogP contribution in [0.1, 0.15) is 45.1 Å². The van der Waals surface area contributed by atoms with Crippen molar-refractivity contribution in [3.63, 3.8) is 0 Å². The van der Waals surface area contributed by atoms with Crippen LogP contribution >= 0.6 is 0 Å². The number of benzene rings is 7. The molecule has 242 valence electrons. The van der Waals surface area contributed by atoms with E-state index in [0.29, 0.717) is 0 Å². The topological polar surface area (TPSA) is 59.6 Å². The molecular formula is C47H33N3O. The third-order valence-corrected chi connectivity index (χ3v) is 10.5. The molecule has 0 saturated heterocycles. The van der Waals surface area contributed by atoms with Crippen LogP contribution in [-0.2, 0) is 5.41 Å². The predicted molar refractivity (Wildman–Crippen MR) is 207 cm³/mol. The first-order valence-corrected chi connectivity index (χ1v) is 17.4. The van der Waals surface area contributed by atoms with Gasteiger partial charge in [0.1, 0.15) is 17.7 Å². The Kier molecular flexibility index (Phi) is 6.58. The first kappa shape index (κ1) is 29.3. The van der Waals surface area contributed by atoms with Crippen LogP contribution in [0.4, 0.5) is 5.69 Å². The second-order valence-corrected chi connectivity index (χ2v) is 13.3. The lowest BCUT2D eigenvalue weighted by atomic mass is 9.65. The lowest BCUT2D eigenvalue weighted by Gasteiger charge is -2.41. The highest BCUT2D eigenvalue weighted by Gasteiger charge is 2.52. The number of nitrogen functional groups attached to an aromatic ring is 1. The fourth-order valence-corrected chi connectivity index (χ4v) is 8.30. The number of allylic oxidation sites excluding steroid dienone is 1. The molecule has 0 fully saturated rings. The summed E-state index contributed by atoms with van der Waals surface area (Å²) in [5, 5.41) is 3.81. The van der Waals surface area contributed by atoms with Gasteiger partial charge in [0.05, 0.1) is 11.1 Å². The quantitative estimate of drug-likeness (QED) is 0.186. The predicted octanol–water partition coefficient (Wildman–Crippen LogP) is 10.5. The van der Waals surface area contributed by atoms with Crippen LogP contribution in [-0.4, -0.2) is 5.71 Å². The minimum absolute atomic E-state index is 0.277. The van der Waals surface area contributed by atoms with E-state index in [2.05, 4.69) is 157 Å². The molecule has 1 unspecified atom stereocenters. The molecule has 7 aromatic rings. The van der Waals surface area contributed by atoms with E-state index in [1.54, 1.807) is 0 Å². The van der Waals surface area contributed by atoms with Crippen LogP contribution in [0, 0.1) is 0 Å². The van der Waals surface area contributed by atoms with Gasteiger partial charge in [0, 0.05) is 33.6 Å². The molecule has 1 spiro atoms. The Morgan fingerprint density at radius 3 is 1.69 bits per heavy atom. The highest BCUT2D eigenvalue weighted by atomic mass is 16.5. The number of rotatable bonds is 4. The molecule has 0 aromatic heterocycles. The zero-order chi connectivity index (χ0) is 33.9. The van der Waals surface area contributed by atoms with Crippen LogP contribution < -0.4 is 15.8 Å². The summed E-state index contributed by atoms with van der Waals surface area (Å²) in [6, 6.07) is 59.7. The molecule has 0 saturated carbocycles. The molecule has 10 rings (SSSR count).